The van der Waals surface area contributed by atoms with Gasteiger partial charge in [-0.1, -0.05) is 23.9 Å². The van der Waals surface area contributed by atoms with Gasteiger partial charge in [0, 0.05) is 10.6 Å². The molecule has 2 aromatic rings. The molecule has 2 aliphatic rings. The van der Waals surface area contributed by atoms with Crippen LogP contribution in [0, 0.1) is 0 Å². The van der Waals surface area contributed by atoms with Crippen LogP contribution < -0.4 is 14.8 Å². The minimum Gasteiger partial charge on any atom is -0.493 e. The molecule has 1 aromatic heterocycles. The Morgan fingerprint density at radius 2 is 2.00 bits per heavy atom. The maximum atomic E-state index is 13.6. The highest BCUT2D eigenvalue weighted by Gasteiger charge is 2.48. The molecule has 2 aliphatic heterocycles. The van der Waals surface area contributed by atoms with Gasteiger partial charge in [0.25, 0.3) is 5.91 Å². The number of fused-ring (bicyclic) bond motifs is 1. The molecule has 2 atom stereocenters. The summed E-state index contributed by atoms with van der Waals surface area (Å²) in [6, 6.07) is 8.77. The van der Waals surface area contributed by atoms with Gasteiger partial charge in [0.15, 0.2) is 17.0 Å². The molecule has 7 nitrogen and oxygen atoms in total. The van der Waals surface area contributed by atoms with E-state index in [-0.39, 0.29) is 17.5 Å². The number of rotatable bonds is 6. The number of hydrogen-bond donors (Lipinski definition) is 1. The van der Waals surface area contributed by atoms with Crippen molar-refractivity contribution in [3.8, 4) is 11.5 Å². The second kappa shape index (κ2) is 9.52. The van der Waals surface area contributed by atoms with E-state index in [9.17, 15) is 9.59 Å². The Bertz CT molecular complexity index is 1120. The molecule has 174 valence electrons. The molecule has 1 aromatic carbocycles. The lowest BCUT2D eigenvalue weighted by Gasteiger charge is -2.39. The van der Waals surface area contributed by atoms with Crippen LogP contribution in [0.2, 0.25) is 0 Å². The summed E-state index contributed by atoms with van der Waals surface area (Å²) in [5.41, 5.74) is 1.45. The molecule has 1 fully saturated rings. The molecule has 3 heterocycles. The number of methoxy groups -OCH3 is 2. The van der Waals surface area contributed by atoms with Crippen molar-refractivity contribution in [3.63, 3.8) is 0 Å². The Morgan fingerprint density at radius 3 is 2.64 bits per heavy atom. The minimum absolute atomic E-state index is 0.0257. The number of hydrogen-bond acceptors (Lipinski definition) is 8. The fourth-order valence-corrected chi connectivity index (χ4v) is 5.87. The van der Waals surface area contributed by atoms with Gasteiger partial charge in [-0.15, -0.1) is 11.3 Å². The van der Waals surface area contributed by atoms with Crippen LogP contribution in [0.5, 0.6) is 11.5 Å². The molecule has 9 heteroatoms. The number of carbonyl (C=O) groups excluding carboxylic acids is 2. The fourth-order valence-electron chi connectivity index (χ4n) is 3.93. The molecule has 4 rings (SSSR count). The standard InChI is InChI=1S/C24H26N2O5S2/c1-13(2)31-17-9-8-15(11-18(17)29-4)21-20(23(28)30-5)14(3)25-24-26(21)22(27)19(33-24)12-16-7-6-10-32-16/h6-13,21,24-25H,1-5H3/b19-12+/t21-,24-/m1/s1. The maximum Gasteiger partial charge on any atom is 0.337 e. The molecule has 1 saturated heterocycles. The third-order valence-corrected chi connectivity index (χ3v) is 7.25. The van der Waals surface area contributed by atoms with Crippen LogP contribution in [0.15, 0.2) is 51.9 Å². The van der Waals surface area contributed by atoms with Crippen LogP contribution in [-0.2, 0) is 14.3 Å². The van der Waals surface area contributed by atoms with Gasteiger partial charge in [-0.25, -0.2) is 4.79 Å². The van der Waals surface area contributed by atoms with E-state index in [1.807, 2.05) is 62.6 Å². The van der Waals surface area contributed by atoms with E-state index in [0.29, 0.717) is 27.7 Å². The second-order valence-electron chi connectivity index (χ2n) is 7.86. The molecule has 1 N–H and O–H groups in total. The molecular weight excluding hydrogens is 460 g/mol. The number of allylic oxidation sites excluding steroid dienone is 1. The van der Waals surface area contributed by atoms with Gasteiger partial charge < -0.3 is 19.5 Å². The summed E-state index contributed by atoms with van der Waals surface area (Å²) in [7, 11) is 2.91. The predicted octanol–water partition coefficient (Wildman–Crippen LogP) is 4.54. The van der Waals surface area contributed by atoms with Crippen LogP contribution in [0.4, 0.5) is 0 Å². The van der Waals surface area contributed by atoms with Crippen molar-refractivity contribution >= 4 is 41.1 Å². The van der Waals surface area contributed by atoms with E-state index in [4.69, 9.17) is 14.2 Å². The van der Waals surface area contributed by atoms with Gasteiger partial charge in [0.05, 0.1) is 36.8 Å². The molecule has 0 spiro atoms. The number of esters is 1. The van der Waals surface area contributed by atoms with Gasteiger partial charge in [-0.3, -0.25) is 9.69 Å². The Balaban J connectivity index is 1.80. The predicted molar refractivity (Wildman–Crippen MR) is 130 cm³/mol. The quantitative estimate of drug-likeness (QED) is 0.475. The fraction of sp³-hybridized carbons (Fsp3) is 0.333. The van der Waals surface area contributed by atoms with Gasteiger partial charge in [-0.2, -0.15) is 0 Å². The van der Waals surface area contributed by atoms with Gasteiger partial charge in [-0.05, 0) is 56.0 Å². The molecule has 0 saturated carbocycles. The average Bonchev–Trinajstić information content (AvgIpc) is 3.40. The first-order valence-electron chi connectivity index (χ1n) is 10.5. The molecule has 1 amide bonds. The summed E-state index contributed by atoms with van der Waals surface area (Å²) in [6.45, 7) is 5.71. The van der Waals surface area contributed by atoms with E-state index >= 15 is 0 Å². The van der Waals surface area contributed by atoms with Crippen molar-refractivity contribution in [3.05, 3.63) is 62.3 Å². The number of carbonyl (C=O) groups is 2. The van der Waals surface area contributed by atoms with Crippen LogP contribution in [0.25, 0.3) is 6.08 Å². The minimum atomic E-state index is -0.639. The lowest BCUT2D eigenvalue weighted by atomic mass is 9.93. The highest BCUT2D eigenvalue weighted by atomic mass is 32.2. The third kappa shape index (κ3) is 4.47. The summed E-state index contributed by atoms with van der Waals surface area (Å²) in [5.74, 6) is 0.499. The number of benzene rings is 1. The van der Waals surface area contributed by atoms with Crippen molar-refractivity contribution in [1.29, 1.82) is 0 Å². The summed E-state index contributed by atoms with van der Waals surface area (Å²) in [6.07, 6.45) is 1.87. The zero-order valence-electron chi connectivity index (χ0n) is 19.1. The monoisotopic (exact) mass is 486 g/mol. The van der Waals surface area contributed by atoms with Gasteiger partial charge in [0.1, 0.15) is 0 Å². The first kappa shape index (κ1) is 23.3. The Kier molecular flexibility index (Phi) is 6.71. The SMILES string of the molecule is COC(=O)C1=C(C)N[C@H]2S/C(=C/c3cccs3)C(=O)N2[C@@H]1c1ccc(OC(C)C)c(OC)c1. The first-order chi connectivity index (χ1) is 15.8. The van der Waals surface area contributed by atoms with Crippen molar-refractivity contribution in [2.75, 3.05) is 14.2 Å². The van der Waals surface area contributed by atoms with Gasteiger partial charge in [0.2, 0.25) is 0 Å². The largest absolute Gasteiger partial charge is 0.493 e. The topological polar surface area (TPSA) is 77.1 Å². The van der Waals surface area contributed by atoms with Crippen LogP contribution in [-0.4, -0.2) is 42.6 Å². The Hall–Kier alpha value is -2.91. The van der Waals surface area contributed by atoms with E-state index < -0.39 is 12.0 Å². The summed E-state index contributed by atoms with van der Waals surface area (Å²) in [5, 5.41) is 5.27. The highest BCUT2D eigenvalue weighted by molar-refractivity contribution is 8.05. The van der Waals surface area contributed by atoms with Crippen molar-refractivity contribution < 1.29 is 23.8 Å². The number of amides is 1. The first-order valence-corrected chi connectivity index (χ1v) is 12.2. The van der Waals surface area contributed by atoms with Crippen LogP contribution in [0.1, 0.15) is 37.3 Å². The van der Waals surface area contributed by atoms with Crippen molar-refractivity contribution in [2.24, 2.45) is 0 Å². The normalized spacial score (nSPS) is 21.3. The number of nitrogens with zero attached hydrogens (tertiary/aromatic N) is 1. The smallest absolute Gasteiger partial charge is 0.337 e. The van der Waals surface area contributed by atoms with Crippen molar-refractivity contribution in [1.82, 2.24) is 10.2 Å². The summed E-state index contributed by atoms with van der Waals surface area (Å²) >= 11 is 3.00. The number of ether oxygens (including phenoxy) is 3. The lowest BCUT2D eigenvalue weighted by Crippen LogP contribution is -2.49. The third-order valence-electron chi connectivity index (χ3n) is 5.32. The Morgan fingerprint density at radius 1 is 1.21 bits per heavy atom. The van der Waals surface area contributed by atoms with E-state index in [1.165, 1.54) is 18.9 Å². The second-order valence-corrected chi connectivity index (χ2v) is 9.96. The zero-order valence-corrected chi connectivity index (χ0v) is 20.7. The number of thiophene rings is 1. The van der Waals surface area contributed by atoms with E-state index in [1.54, 1.807) is 23.3 Å². The molecule has 0 unspecified atom stereocenters. The highest BCUT2D eigenvalue weighted by Crippen LogP contribution is 2.47. The maximum absolute atomic E-state index is 13.6. The molecule has 33 heavy (non-hydrogen) atoms. The molecule has 0 bridgehead atoms. The van der Waals surface area contributed by atoms with Crippen molar-refractivity contribution in [2.45, 2.75) is 38.4 Å². The Labute approximate surface area is 201 Å². The van der Waals surface area contributed by atoms with Crippen LogP contribution >= 0.6 is 23.1 Å². The lowest BCUT2D eigenvalue weighted by molar-refractivity contribution is -0.138. The molecule has 0 aliphatic carbocycles. The number of nitrogens with one attached hydrogen (secondary N) is 1. The van der Waals surface area contributed by atoms with E-state index in [0.717, 1.165) is 10.4 Å². The summed E-state index contributed by atoms with van der Waals surface area (Å²) in [4.78, 5) is 29.7. The molecule has 0 radical (unpaired) electrons. The zero-order chi connectivity index (χ0) is 23.7. The summed E-state index contributed by atoms with van der Waals surface area (Å²) < 4.78 is 16.5. The van der Waals surface area contributed by atoms with E-state index in [2.05, 4.69) is 5.32 Å². The average molecular weight is 487 g/mol. The molecular formula is C24H26N2O5S2. The van der Waals surface area contributed by atoms with Gasteiger partial charge >= 0.3 is 5.97 Å². The van der Waals surface area contributed by atoms with Crippen LogP contribution in [0.3, 0.4) is 0 Å². The number of thioether (sulfide) groups is 1.